The lowest BCUT2D eigenvalue weighted by Crippen LogP contribution is -2.49. The van der Waals surface area contributed by atoms with Crippen molar-refractivity contribution >= 4 is 11.7 Å². The fourth-order valence-corrected chi connectivity index (χ4v) is 4.47. The SMILES string of the molecule is Cc1noc(C)c1[C@@H]1CCCN1C(=O)NC1CCN(c2ccc(F)cc2)CC1. The highest BCUT2D eigenvalue weighted by atomic mass is 19.1. The van der Waals surface area contributed by atoms with Crippen LogP contribution in [0.1, 0.15) is 48.7 Å². The molecule has 28 heavy (non-hydrogen) atoms. The molecule has 6 nitrogen and oxygen atoms in total. The molecule has 2 saturated heterocycles. The second-order valence-electron chi connectivity index (χ2n) is 7.78. The van der Waals surface area contributed by atoms with Crippen LogP contribution in [-0.4, -0.2) is 41.8 Å². The van der Waals surface area contributed by atoms with Crippen molar-refractivity contribution in [2.75, 3.05) is 24.5 Å². The number of carbonyl (C=O) groups is 1. The van der Waals surface area contributed by atoms with Gasteiger partial charge in [-0.25, -0.2) is 9.18 Å². The molecule has 0 unspecified atom stereocenters. The molecular formula is C21H27FN4O2. The Kier molecular flexibility index (Phi) is 5.24. The number of hydrogen-bond acceptors (Lipinski definition) is 4. The molecule has 2 amide bonds. The quantitative estimate of drug-likeness (QED) is 0.868. The van der Waals surface area contributed by atoms with E-state index in [-0.39, 0.29) is 23.9 Å². The highest BCUT2D eigenvalue weighted by molar-refractivity contribution is 5.75. The average Bonchev–Trinajstić information content (AvgIpc) is 3.29. The topological polar surface area (TPSA) is 61.6 Å². The van der Waals surface area contributed by atoms with E-state index in [9.17, 15) is 9.18 Å². The van der Waals surface area contributed by atoms with Gasteiger partial charge in [0.2, 0.25) is 0 Å². The van der Waals surface area contributed by atoms with Crippen molar-refractivity contribution in [3.05, 3.63) is 47.1 Å². The number of benzene rings is 1. The summed E-state index contributed by atoms with van der Waals surface area (Å²) in [5.74, 6) is 0.583. The number of carbonyl (C=O) groups excluding carboxylic acids is 1. The number of anilines is 1. The molecule has 0 aliphatic carbocycles. The number of piperidine rings is 1. The largest absolute Gasteiger partial charge is 0.371 e. The van der Waals surface area contributed by atoms with E-state index in [0.29, 0.717) is 0 Å². The summed E-state index contributed by atoms with van der Waals surface area (Å²) in [5.41, 5.74) is 2.96. The summed E-state index contributed by atoms with van der Waals surface area (Å²) in [6, 6.07) is 6.82. The molecule has 4 rings (SSSR count). The average molecular weight is 386 g/mol. The lowest BCUT2D eigenvalue weighted by atomic mass is 10.0. The van der Waals surface area contributed by atoms with Gasteiger partial charge >= 0.3 is 6.03 Å². The van der Waals surface area contributed by atoms with Crippen molar-refractivity contribution in [1.82, 2.24) is 15.4 Å². The van der Waals surface area contributed by atoms with E-state index >= 15 is 0 Å². The van der Waals surface area contributed by atoms with E-state index in [1.54, 1.807) is 0 Å². The van der Waals surface area contributed by atoms with Gasteiger partial charge in [0.15, 0.2) is 0 Å². The Morgan fingerprint density at radius 3 is 2.50 bits per heavy atom. The molecule has 0 saturated carbocycles. The van der Waals surface area contributed by atoms with Crippen LogP contribution in [0.15, 0.2) is 28.8 Å². The monoisotopic (exact) mass is 386 g/mol. The van der Waals surface area contributed by atoms with Crippen LogP contribution in [0.5, 0.6) is 0 Å². The third-order valence-corrected chi connectivity index (χ3v) is 5.95. The zero-order chi connectivity index (χ0) is 19.7. The Morgan fingerprint density at radius 2 is 1.86 bits per heavy atom. The number of hydrogen-bond donors (Lipinski definition) is 1. The summed E-state index contributed by atoms with van der Waals surface area (Å²) in [4.78, 5) is 17.1. The third-order valence-electron chi connectivity index (χ3n) is 5.95. The number of aryl methyl sites for hydroxylation is 2. The summed E-state index contributed by atoms with van der Waals surface area (Å²) in [6.45, 7) is 6.31. The minimum atomic E-state index is -0.218. The normalized spacial score (nSPS) is 20.6. The zero-order valence-corrected chi connectivity index (χ0v) is 16.4. The van der Waals surface area contributed by atoms with Gasteiger partial charge in [0.05, 0.1) is 11.7 Å². The summed E-state index contributed by atoms with van der Waals surface area (Å²) in [5, 5.41) is 7.27. The van der Waals surface area contributed by atoms with Gasteiger partial charge in [0.1, 0.15) is 11.6 Å². The number of rotatable bonds is 3. The number of amides is 2. The van der Waals surface area contributed by atoms with Crippen molar-refractivity contribution in [3.63, 3.8) is 0 Å². The molecule has 150 valence electrons. The molecule has 2 aromatic rings. The number of halogens is 1. The standard InChI is InChI=1S/C21H27FN4O2/c1-14-20(15(2)28-24-14)19-4-3-11-26(19)21(27)23-17-9-12-25(13-10-17)18-7-5-16(22)6-8-18/h5-8,17,19H,3-4,9-13H2,1-2H3,(H,23,27)/t19-/m0/s1. The fourth-order valence-electron chi connectivity index (χ4n) is 4.47. The van der Waals surface area contributed by atoms with E-state index in [1.165, 1.54) is 12.1 Å². The van der Waals surface area contributed by atoms with Gasteiger partial charge in [0.25, 0.3) is 0 Å². The molecule has 2 aliphatic rings. The molecule has 1 N–H and O–H groups in total. The predicted octanol–water partition coefficient (Wildman–Crippen LogP) is 3.95. The van der Waals surface area contributed by atoms with Crippen LogP contribution >= 0.6 is 0 Å². The Hall–Kier alpha value is -2.57. The first-order valence-corrected chi connectivity index (χ1v) is 10.0. The third kappa shape index (κ3) is 3.70. The Bertz CT molecular complexity index is 808. The molecule has 2 fully saturated rings. The number of likely N-dealkylation sites (tertiary alicyclic amines) is 1. The lowest BCUT2D eigenvalue weighted by Gasteiger charge is -2.35. The minimum Gasteiger partial charge on any atom is -0.371 e. The van der Waals surface area contributed by atoms with Crippen LogP contribution in [0.25, 0.3) is 0 Å². The Morgan fingerprint density at radius 1 is 1.14 bits per heavy atom. The molecule has 7 heteroatoms. The van der Waals surface area contributed by atoms with Gasteiger partial charge in [0, 0.05) is 36.9 Å². The van der Waals surface area contributed by atoms with Crippen LogP contribution < -0.4 is 10.2 Å². The van der Waals surface area contributed by atoms with E-state index < -0.39 is 0 Å². The van der Waals surface area contributed by atoms with Crippen LogP contribution in [0.2, 0.25) is 0 Å². The number of urea groups is 1. The first kappa shape index (κ1) is 18.8. The summed E-state index contributed by atoms with van der Waals surface area (Å²) < 4.78 is 18.4. The predicted molar refractivity (Wildman–Crippen MR) is 105 cm³/mol. The fraction of sp³-hybridized carbons (Fsp3) is 0.524. The summed E-state index contributed by atoms with van der Waals surface area (Å²) in [6.07, 6.45) is 3.70. The van der Waals surface area contributed by atoms with E-state index in [0.717, 1.165) is 68.0 Å². The first-order valence-electron chi connectivity index (χ1n) is 10.0. The van der Waals surface area contributed by atoms with Gasteiger partial charge in [-0.15, -0.1) is 0 Å². The molecule has 3 heterocycles. The molecule has 1 aromatic heterocycles. The molecule has 1 aromatic carbocycles. The maximum Gasteiger partial charge on any atom is 0.318 e. The van der Waals surface area contributed by atoms with Crippen molar-refractivity contribution in [2.45, 2.75) is 51.6 Å². The number of aromatic nitrogens is 1. The number of nitrogens with zero attached hydrogens (tertiary/aromatic N) is 3. The molecular weight excluding hydrogens is 359 g/mol. The highest BCUT2D eigenvalue weighted by Crippen LogP contribution is 2.35. The minimum absolute atomic E-state index is 0.00253. The molecule has 1 atom stereocenters. The van der Waals surface area contributed by atoms with Gasteiger partial charge in [-0.2, -0.15) is 0 Å². The highest BCUT2D eigenvalue weighted by Gasteiger charge is 2.35. The van der Waals surface area contributed by atoms with E-state index in [2.05, 4.69) is 15.4 Å². The van der Waals surface area contributed by atoms with E-state index in [1.807, 2.05) is 30.9 Å². The lowest BCUT2D eigenvalue weighted by molar-refractivity contribution is 0.186. The summed E-state index contributed by atoms with van der Waals surface area (Å²) in [7, 11) is 0. The molecule has 0 spiro atoms. The maximum atomic E-state index is 13.1. The van der Waals surface area contributed by atoms with Gasteiger partial charge in [-0.1, -0.05) is 5.16 Å². The zero-order valence-electron chi connectivity index (χ0n) is 16.4. The van der Waals surface area contributed by atoms with Gasteiger partial charge < -0.3 is 19.6 Å². The van der Waals surface area contributed by atoms with Crippen molar-refractivity contribution in [1.29, 1.82) is 0 Å². The second-order valence-corrected chi connectivity index (χ2v) is 7.78. The summed E-state index contributed by atoms with van der Waals surface area (Å²) >= 11 is 0. The Balaban J connectivity index is 1.35. The van der Waals surface area contributed by atoms with Crippen molar-refractivity contribution < 1.29 is 13.7 Å². The van der Waals surface area contributed by atoms with Crippen LogP contribution in [-0.2, 0) is 0 Å². The van der Waals surface area contributed by atoms with Crippen LogP contribution in [0.4, 0.5) is 14.9 Å². The molecule has 2 aliphatic heterocycles. The van der Waals surface area contributed by atoms with Crippen molar-refractivity contribution in [3.8, 4) is 0 Å². The van der Waals surface area contributed by atoms with Crippen molar-refractivity contribution in [2.24, 2.45) is 0 Å². The second kappa shape index (κ2) is 7.81. The van der Waals surface area contributed by atoms with Gasteiger partial charge in [-0.3, -0.25) is 0 Å². The van der Waals surface area contributed by atoms with Crippen LogP contribution in [0.3, 0.4) is 0 Å². The maximum absolute atomic E-state index is 13.1. The van der Waals surface area contributed by atoms with Crippen LogP contribution in [0, 0.1) is 19.7 Å². The van der Waals surface area contributed by atoms with E-state index in [4.69, 9.17) is 4.52 Å². The Labute approximate surface area is 164 Å². The van der Waals surface area contributed by atoms with Gasteiger partial charge in [-0.05, 0) is 63.8 Å². The number of nitrogens with one attached hydrogen (secondary N) is 1. The molecule has 0 radical (unpaired) electrons. The first-order chi connectivity index (χ1) is 13.5. The molecule has 0 bridgehead atoms. The smallest absolute Gasteiger partial charge is 0.318 e.